The number of hydrogen-bond donors (Lipinski definition) is 0. The predicted octanol–water partition coefficient (Wildman–Crippen LogP) is 2.39. The van der Waals surface area contributed by atoms with E-state index < -0.39 is 12.6 Å². The van der Waals surface area contributed by atoms with Gasteiger partial charge in [-0.25, -0.2) is 4.79 Å². The summed E-state index contributed by atoms with van der Waals surface area (Å²) in [6, 6.07) is 12.1. The van der Waals surface area contributed by atoms with Crippen molar-refractivity contribution in [2.45, 2.75) is 23.5 Å². The quantitative estimate of drug-likeness (QED) is 0.478. The van der Waals surface area contributed by atoms with Crippen molar-refractivity contribution in [2.75, 3.05) is 18.1 Å². The monoisotopic (exact) mass is 358 g/mol. The zero-order chi connectivity index (χ0) is 17.8. The second kappa shape index (κ2) is 7.57. The molecule has 0 saturated heterocycles. The van der Waals surface area contributed by atoms with Crippen molar-refractivity contribution in [3.8, 4) is 0 Å². The van der Waals surface area contributed by atoms with E-state index in [0.717, 1.165) is 17.0 Å². The molecule has 0 fully saturated rings. The van der Waals surface area contributed by atoms with Crippen LogP contribution in [0, 0.1) is 5.21 Å². The Hall–Kier alpha value is -2.54. The lowest BCUT2D eigenvalue weighted by Crippen LogP contribution is -2.38. The fourth-order valence-electron chi connectivity index (χ4n) is 2.61. The Kier molecular flexibility index (Phi) is 5.23. The largest absolute Gasteiger partial charge is 0.618 e. The molecule has 0 N–H and O–H groups in total. The van der Waals surface area contributed by atoms with Gasteiger partial charge < -0.3 is 14.8 Å². The number of benzene rings is 1. The van der Waals surface area contributed by atoms with E-state index in [4.69, 9.17) is 4.74 Å². The summed E-state index contributed by atoms with van der Waals surface area (Å²) in [5, 5.41) is 12.0. The van der Waals surface area contributed by atoms with Gasteiger partial charge in [-0.05, 0) is 24.6 Å². The summed E-state index contributed by atoms with van der Waals surface area (Å²) in [6.07, 6.45) is 2.06. The molecular weight excluding hydrogens is 340 g/mol. The average molecular weight is 358 g/mol. The number of esters is 1. The number of rotatable bonds is 3. The molecular formula is C18H18N2O4S. The Morgan fingerprint density at radius 1 is 1.28 bits per heavy atom. The smallest absolute Gasteiger partial charge is 0.405 e. The molecule has 0 unspecified atom stereocenters. The van der Waals surface area contributed by atoms with Crippen molar-refractivity contribution >= 4 is 29.3 Å². The highest BCUT2D eigenvalue weighted by Crippen LogP contribution is 2.37. The maximum atomic E-state index is 12.6. The summed E-state index contributed by atoms with van der Waals surface area (Å²) < 4.78 is 5.47. The van der Waals surface area contributed by atoms with Gasteiger partial charge >= 0.3 is 11.7 Å². The molecule has 3 rings (SSSR count). The van der Waals surface area contributed by atoms with Gasteiger partial charge in [0.2, 0.25) is 0 Å². The van der Waals surface area contributed by atoms with Crippen LogP contribution in [0.5, 0.6) is 0 Å². The predicted molar refractivity (Wildman–Crippen MR) is 94.4 cm³/mol. The number of amides is 1. The molecule has 1 aromatic carbocycles. The normalized spacial score (nSPS) is 16.7. The van der Waals surface area contributed by atoms with E-state index in [0.29, 0.717) is 16.5 Å². The minimum Gasteiger partial charge on any atom is -0.618 e. The van der Waals surface area contributed by atoms with Crippen molar-refractivity contribution in [1.82, 2.24) is 0 Å². The number of anilines is 1. The van der Waals surface area contributed by atoms with Gasteiger partial charge in [0, 0.05) is 28.8 Å². The van der Waals surface area contributed by atoms with Gasteiger partial charge in [-0.3, -0.25) is 4.79 Å². The van der Waals surface area contributed by atoms with Gasteiger partial charge in [0.1, 0.15) is 0 Å². The fraction of sp³-hybridized carbons (Fsp3) is 0.278. The van der Waals surface area contributed by atoms with Gasteiger partial charge in [-0.2, -0.15) is 4.73 Å². The molecule has 0 spiro atoms. The van der Waals surface area contributed by atoms with Crippen LogP contribution < -0.4 is 9.63 Å². The Morgan fingerprint density at radius 2 is 2.04 bits per heavy atom. The first-order valence-electron chi connectivity index (χ1n) is 7.97. The first kappa shape index (κ1) is 17.3. The summed E-state index contributed by atoms with van der Waals surface area (Å²) >= 11 is 1.73. The van der Waals surface area contributed by atoms with Crippen molar-refractivity contribution < 1.29 is 19.1 Å². The van der Waals surface area contributed by atoms with Gasteiger partial charge in [0.25, 0.3) is 5.91 Å². The number of carbonyl (C=O) groups is 2. The lowest BCUT2D eigenvalue weighted by Gasteiger charge is -2.22. The Morgan fingerprint density at radius 3 is 2.84 bits per heavy atom. The molecule has 1 aliphatic rings. The average Bonchev–Trinajstić information content (AvgIpc) is 2.78. The molecule has 0 radical (unpaired) electrons. The molecule has 1 aromatic heterocycles. The van der Waals surface area contributed by atoms with Crippen LogP contribution in [0.4, 0.5) is 5.69 Å². The molecule has 0 aliphatic carbocycles. The lowest BCUT2D eigenvalue weighted by molar-refractivity contribution is -0.608. The van der Waals surface area contributed by atoms with E-state index in [1.165, 1.54) is 18.3 Å². The summed E-state index contributed by atoms with van der Waals surface area (Å²) in [6.45, 7) is 2.29. The van der Waals surface area contributed by atoms with Crippen LogP contribution in [0.2, 0.25) is 0 Å². The zero-order valence-electron chi connectivity index (χ0n) is 13.8. The Bertz CT molecular complexity index is 796. The van der Waals surface area contributed by atoms with E-state index in [9.17, 15) is 14.8 Å². The Labute approximate surface area is 150 Å². The van der Waals surface area contributed by atoms with Crippen LogP contribution >= 0.6 is 11.8 Å². The molecule has 0 saturated carbocycles. The van der Waals surface area contributed by atoms with Crippen molar-refractivity contribution in [3.63, 3.8) is 0 Å². The molecule has 1 aliphatic heterocycles. The standard InChI is InChI=1S/C18H18N2O4S/c1-13-9-11-19(14-6-2-3-8-16(14)25-13)17(21)12-24-18(22)15-7-4-5-10-20(15)23/h2-8,10,13H,9,11-12H2,1H3/t13-/m0/s1. The highest BCUT2D eigenvalue weighted by molar-refractivity contribution is 8.00. The first-order chi connectivity index (χ1) is 12.1. The van der Waals surface area contributed by atoms with E-state index in [-0.39, 0.29) is 11.6 Å². The summed E-state index contributed by atoms with van der Waals surface area (Å²) in [4.78, 5) is 27.3. The molecule has 1 amide bonds. The third kappa shape index (κ3) is 3.93. The van der Waals surface area contributed by atoms with Crippen molar-refractivity contribution in [1.29, 1.82) is 0 Å². The second-order valence-electron chi connectivity index (χ2n) is 5.72. The van der Waals surface area contributed by atoms with Gasteiger partial charge in [0.05, 0.1) is 5.69 Å². The minimum atomic E-state index is -0.810. The van der Waals surface area contributed by atoms with Crippen LogP contribution in [0.25, 0.3) is 0 Å². The number of fused-ring (bicyclic) bond motifs is 1. The highest BCUT2D eigenvalue weighted by Gasteiger charge is 2.26. The molecule has 2 aromatic rings. The second-order valence-corrected chi connectivity index (χ2v) is 7.20. The fourth-order valence-corrected chi connectivity index (χ4v) is 3.72. The SMILES string of the molecule is C[C@H]1CCN(C(=O)COC(=O)c2cccc[n+]2[O-])c2ccccc2S1. The number of ether oxygens (including phenoxy) is 1. The number of hydrogen-bond acceptors (Lipinski definition) is 5. The number of thioether (sulfide) groups is 1. The van der Waals surface area contributed by atoms with Gasteiger partial charge in [0.15, 0.2) is 12.8 Å². The summed E-state index contributed by atoms with van der Waals surface area (Å²) in [5.74, 6) is -1.11. The van der Waals surface area contributed by atoms with Crippen LogP contribution in [-0.2, 0) is 9.53 Å². The van der Waals surface area contributed by atoms with Crippen LogP contribution in [-0.4, -0.2) is 30.3 Å². The highest BCUT2D eigenvalue weighted by atomic mass is 32.2. The summed E-state index contributed by atoms with van der Waals surface area (Å²) in [5.41, 5.74) is 0.687. The van der Waals surface area contributed by atoms with Crippen LogP contribution in [0.3, 0.4) is 0 Å². The maximum Gasteiger partial charge on any atom is 0.405 e. The molecule has 130 valence electrons. The van der Waals surface area contributed by atoms with Crippen molar-refractivity contribution in [2.24, 2.45) is 0 Å². The molecule has 7 heteroatoms. The molecule has 6 nitrogen and oxygen atoms in total. The first-order valence-corrected chi connectivity index (χ1v) is 8.85. The van der Waals surface area contributed by atoms with E-state index >= 15 is 0 Å². The van der Waals surface area contributed by atoms with Crippen LogP contribution in [0.15, 0.2) is 53.6 Å². The van der Waals surface area contributed by atoms with E-state index in [2.05, 4.69) is 6.92 Å². The van der Waals surface area contributed by atoms with E-state index in [1.54, 1.807) is 22.7 Å². The number of aromatic nitrogens is 1. The number of para-hydroxylation sites is 1. The molecule has 25 heavy (non-hydrogen) atoms. The Balaban J connectivity index is 1.71. The zero-order valence-corrected chi connectivity index (χ0v) is 14.6. The molecule has 1 atom stereocenters. The maximum absolute atomic E-state index is 12.6. The van der Waals surface area contributed by atoms with Gasteiger partial charge in [-0.15, -0.1) is 11.8 Å². The third-order valence-corrected chi connectivity index (χ3v) is 5.14. The van der Waals surface area contributed by atoms with Gasteiger partial charge in [-0.1, -0.05) is 19.1 Å². The molecule has 0 bridgehead atoms. The minimum absolute atomic E-state index is 0.143. The number of pyridine rings is 1. The van der Waals surface area contributed by atoms with Crippen LogP contribution in [0.1, 0.15) is 23.8 Å². The topological polar surface area (TPSA) is 73.5 Å². The van der Waals surface area contributed by atoms with Crippen molar-refractivity contribution in [3.05, 3.63) is 59.6 Å². The third-order valence-electron chi connectivity index (χ3n) is 3.90. The molecule has 2 heterocycles. The lowest BCUT2D eigenvalue weighted by atomic mass is 10.2. The number of nitrogens with zero attached hydrogens (tertiary/aromatic N) is 2. The summed E-state index contributed by atoms with van der Waals surface area (Å²) in [7, 11) is 0. The number of carbonyl (C=O) groups excluding carboxylic acids is 2. The van der Waals surface area contributed by atoms with E-state index in [1.807, 2.05) is 24.3 Å².